The average Bonchev–Trinajstić information content (AvgIpc) is 2.51. The van der Waals surface area contributed by atoms with Crippen LogP contribution in [-0.4, -0.2) is 40.3 Å². The van der Waals surface area contributed by atoms with E-state index in [1.807, 2.05) is 0 Å². The summed E-state index contributed by atoms with van der Waals surface area (Å²) in [6.45, 7) is -2.00. The highest BCUT2D eigenvalue weighted by Crippen LogP contribution is 2.50. The van der Waals surface area contributed by atoms with E-state index in [0.29, 0.717) is 0 Å². The van der Waals surface area contributed by atoms with Gasteiger partial charge >= 0.3 is 15.6 Å². The summed E-state index contributed by atoms with van der Waals surface area (Å²) in [5, 5.41) is 19.6. The van der Waals surface area contributed by atoms with E-state index in [0.717, 1.165) is 13.2 Å². The Kier molecular flexibility index (Phi) is 7.61. The molecule has 3 unspecified atom stereocenters. The third-order valence-corrected chi connectivity index (χ3v) is 4.48. The van der Waals surface area contributed by atoms with Crippen LogP contribution in [0.1, 0.15) is 11.7 Å². The summed E-state index contributed by atoms with van der Waals surface area (Å²) in [6.07, 6.45) is -1.63. The van der Waals surface area contributed by atoms with E-state index < -0.39 is 45.8 Å². The van der Waals surface area contributed by atoms with Crippen molar-refractivity contribution in [3.63, 3.8) is 0 Å². The Morgan fingerprint density at radius 3 is 2.38 bits per heavy atom. The Morgan fingerprint density at radius 1 is 1.21 bits per heavy atom. The van der Waals surface area contributed by atoms with Crippen LogP contribution in [0.15, 0.2) is 24.3 Å². The van der Waals surface area contributed by atoms with Gasteiger partial charge in [-0.3, -0.25) is 28.2 Å². The van der Waals surface area contributed by atoms with Gasteiger partial charge in [0.05, 0.1) is 17.1 Å². The van der Waals surface area contributed by atoms with Gasteiger partial charge in [-0.25, -0.2) is 9.13 Å². The summed E-state index contributed by atoms with van der Waals surface area (Å²) in [4.78, 5) is 28.9. The van der Waals surface area contributed by atoms with Gasteiger partial charge in [0.25, 0.3) is 5.69 Å². The van der Waals surface area contributed by atoms with Gasteiger partial charge in [0.2, 0.25) is 0 Å². The minimum absolute atomic E-state index is 0.214. The van der Waals surface area contributed by atoms with Crippen LogP contribution in [0.2, 0.25) is 0 Å². The topological polar surface area (TPSA) is 175 Å². The number of hydrogen-bond donors (Lipinski definition) is 3. The number of phosphoric ester groups is 2. The standard InChI is InChI=1S/C10H15NO11P2/c1-19-23(15,16)20-6-10(22-24(17,18)21-7-12)8-4-2-3-5-9(8)11(13)14/h2-5,10,12H,6-7H2,1H3,(H,15,16)(H,17,18). The van der Waals surface area contributed by atoms with E-state index in [1.54, 1.807) is 0 Å². The minimum Gasteiger partial charge on any atom is -0.370 e. The molecule has 0 aliphatic carbocycles. The molecular weight excluding hydrogens is 372 g/mol. The first-order valence-corrected chi connectivity index (χ1v) is 9.14. The van der Waals surface area contributed by atoms with Crippen molar-refractivity contribution in [2.24, 2.45) is 0 Å². The lowest BCUT2D eigenvalue weighted by Gasteiger charge is -2.21. The molecule has 0 bridgehead atoms. The number of hydrogen-bond acceptors (Lipinski definition) is 9. The average molecular weight is 387 g/mol. The van der Waals surface area contributed by atoms with Crippen LogP contribution in [0.4, 0.5) is 5.69 Å². The summed E-state index contributed by atoms with van der Waals surface area (Å²) >= 11 is 0. The number of phosphoric acid groups is 2. The van der Waals surface area contributed by atoms with Gasteiger partial charge in [-0.2, -0.15) is 0 Å². The van der Waals surface area contributed by atoms with Crippen molar-refractivity contribution in [3.8, 4) is 0 Å². The minimum atomic E-state index is -4.82. The van der Waals surface area contributed by atoms with Gasteiger partial charge in [-0.1, -0.05) is 12.1 Å². The molecule has 24 heavy (non-hydrogen) atoms. The summed E-state index contributed by atoms with van der Waals surface area (Å²) in [5.74, 6) is 0. The van der Waals surface area contributed by atoms with Crippen LogP contribution in [-0.2, 0) is 27.2 Å². The number of para-hydroxylation sites is 1. The second kappa shape index (κ2) is 8.77. The van der Waals surface area contributed by atoms with Crippen molar-refractivity contribution in [2.45, 2.75) is 6.10 Å². The predicted molar refractivity (Wildman–Crippen MR) is 77.7 cm³/mol. The molecule has 0 aliphatic heterocycles. The highest BCUT2D eigenvalue weighted by Gasteiger charge is 2.33. The lowest BCUT2D eigenvalue weighted by atomic mass is 10.1. The fourth-order valence-electron chi connectivity index (χ4n) is 1.58. The SMILES string of the molecule is COP(=O)(O)OCC(OP(=O)(O)OCO)c1ccccc1[N+](=O)[O-]. The largest absolute Gasteiger partial charge is 0.474 e. The third-order valence-electron chi connectivity index (χ3n) is 2.58. The van der Waals surface area contributed by atoms with Crippen molar-refractivity contribution in [1.29, 1.82) is 0 Å². The van der Waals surface area contributed by atoms with Crippen molar-refractivity contribution >= 4 is 21.3 Å². The molecule has 3 atom stereocenters. The zero-order chi connectivity index (χ0) is 18.4. The first-order chi connectivity index (χ1) is 11.1. The molecule has 0 aromatic heterocycles. The summed E-state index contributed by atoms with van der Waals surface area (Å²) in [5.41, 5.74) is -0.699. The molecule has 0 radical (unpaired) electrons. The molecule has 136 valence electrons. The zero-order valence-electron chi connectivity index (χ0n) is 12.3. The normalized spacial score (nSPS) is 17.7. The quantitative estimate of drug-likeness (QED) is 0.229. The molecule has 0 amide bonds. The fourth-order valence-corrected chi connectivity index (χ4v) is 2.71. The smallest absolute Gasteiger partial charge is 0.370 e. The number of aliphatic hydroxyl groups is 1. The Balaban J connectivity index is 3.16. The maximum atomic E-state index is 11.6. The van der Waals surface area contributed by atoms with Crippen LogP contribution < -0.4 is 0 Å². The fraction of sp³-hybridized carbons (Fsp3) is 0.400. The first kappa shape index (κ1) is 20.8. The maximum absolute atomic E-state index is 11.6. The number of nitro benzene ring substituents is 1. The molecular formula is C10H15NO11P2. The molecule has 0 aliphatic rings. The number of rotatable bonds is 10. The van der Waals surface area contributed by atoms with E-state index in [1.165, 1.54) is 18.2 Å². The van der Waals surface area contributed by atoms with Gasteiger partial charge in [-0.05, 0) is 6.07 Å². The Hall–Kier alpha value is -1.20. The van der Waals surface area contributed by atoms with Crippen LogP contribution in [0, 0.1) is 10.1 Å². The van der Waals surface area contributed by atoms with Gasteiger partial charge in [-0.15, -0.1) is 0 Å². The van der Waals surface area contributed by atoms with Crippen LogP contribution in [0.5, 0.6) is 0 Å². The third kappa shape index (κ3) is 6.36. The zero-order valence-corrected chi connectivity index (χ0v) is 14.0. The van der Waals surface area contributed by atoms with E-state index in [4.69, 9.17) is 9.63 Å². The Labute approximate surface area is 135 Å². The predicted octanol–water partition coefficient (Wildman–Crippen LogP) is 1.48. The van der Waals surface area contributed by atoms with Crippen molar-refractivity contribution < 1.29 is 47.0 Å². The highest BCUT2D eigenvalue weighted by molar-refractivity contribution is 7.47. The number of aliphatic hydroxyl groups excluding tert-OH is 1. The highest BCUT2D eigenvalue weighted by atomic mass is 31.2. The molecule has 1 aromatic rings. The van der Waals surface area contributed by atoms with Gasteiger partial charge in [0, 0.05) is 13.2 Å². The van der Waals surface area contributed by atoms with Gasteiger partial charge in [0.15, 0.2) is 6.79 Å². The molecule has 1 rings (SSSR count). The second-order valence-corrected chi connectivity index (χ2v) is 7.05. The number of nitrogens with zero attached hydrogens (tertiary/aromatic N) is 1. The Bertz CT molecular complexity index is 666. The molecule has 0 spiro atoms. The lowest BCUT2D eigenvalue weighted by Crippen LogP contribution is -2.13. The van der Waals surface area contributed by atoms with Crippen LogP contribution >= 0.6 is 15.6 Å². The van der Waals surface area contributed by atoms with E-state index in [2.05, 4.69) is 13.6 Å². The maximum Gasteiger partial charge on any atom is 0.474 e. The van der Waals surface area contributed by atoms with Crippen molar-refractivity contribution in [3.05, 3.63) is 39.9 Å². The monoisotopic (exact) mass is 387 g/mol. The summed E-state index contributed by atoms with van der Waals surface area (Å²) in [6, 6.07) is 5.01. The summed E-state index contributed by atoms with van der Waals surface area (Å²) in [7, 11) is -8.42. The molecule has 0 saturated carbocycles. The van der Waals surface area contributed by atoms with Crippen LogP contribution in [0.25, 0.3) is 0 Å². The molecule has 0 saturated heterocycles. The number of benzene rings is 1. The Morgan fingerprint density at radius 2 is 1.83 bits per heavy atom. The first-order valence-electron chi connectivity index (χ1n) is 6.15. The lowest BCUT2D eigenvalue weighted by molar-refractivity contribution is -0.386. The molecule has 0 heterocycles. The molecule has 0 fully saturated rings. The van der Waals surface area contributed by atoms with E-state index >= 15 is 0 Å². The second-order valence-electron chi connectivity index (χ2n) is 4.08. The van der Waals surface area contributed by atoms with Gasteiger partial charge < -0.3 is 14.9 Å². The van der Waals surface area contributed by atoms with Crippen molar-refractivity contribution in [1.82, 2.24) is 0 Å². The molecule has 1 aromatic carbocycles. The van der Waals surface area contributed by atoms with Crippen molar-refractivity contribution in [2.75, 3.05) is 20.5 Å². The molecule has 3 N–H and O–H groups in total. The molecule has 14 heteroatoms. The molecule has 12 nitrogen and oxygen atoms in total. The number of nitro groups is 1. The van der Waals surface area contributed by atoms with E-state index in [9.17, 15) is 29.0 Å². The summed E-state index contributed by atoms with van der Waals surface area (Å²) < 4.78 is 40.5. The van der Waals surface area contributed by atoms with E-state index in [-0.39, 0.29) is 5.56 Å². The van der Waals surface area contributed by atoms with Gasteiger partial charge in [0.1, 0.15) is 6.10 Å². The van der Waals surface area contributed by atoms with Crippen LogP contribution in [0.3, 0.4) is 0 Å².